The number of carbonyl (C=O) groups is 2. The average Bonchev–Trinajstić information content (AvgIpc) is 2.35. The molecule has 0 spiro atoms. The fourth-order valence-electron chi connectivity index (χ4n) is 1.48. The molecule has 0 aromatic carbocycles. The number of amides is 1. The van der Waals surface area contributed by atoms with Crippen LogP contribution in [0, 0.1) is 0 Å². The van der Waals surface area contributed by atoms with Gasteiger partial charge < -0.3 is 14.8 Å². The third-order valence-electron chi connectivity index (χ3n) is 2.58. The lowest BCUT2D eigenvalue weighted by molar-refractivity contribution is -0.145. The Labute approximate surface area is 109 Å². The van der Waals surface area contributed by atoms with Crippen LogP contribution in [0.4, 0.5) is 0 Å². The standard InChI is InChI=1S/C12H24N2O4/c1-5-14(9-11(15)18-6-2)10(3)12(16)13-7-8-17-4/h10H,5-9H2,1-4H3,(H,13,16). The monoisotopic (exact) mass is 260 g/mol. The molecule has 0 aliphatic heterocycles. The van der Waals surface area contributed by atoms with Gasteiger partial charge in [-0.3, -0.25) is 14.5 Å². The fourth-order valence-corrected chi connectivity index (χ4v) is 1.48. The molecule has 0 radical (unpaired) electrons. The second kappa shape index (κ2) is 9.85. The first-order chi connectivity index (χ1) is 8.56. The SMILES string of the molecule is CCOC(=O)CN(CC)C(C)C(=O)NCCOC. The third-order valence-corrected chi connectivity index (χ3v) is 2.58. The van der Waals surface area contributed by atoms with Gasteiger partial charge in [-0.2, -0.15) is 0 Å². The molecule has 6 nitrogen and oxygen atoms in total. The second-order valence-electron chi connectivity index (χ2n) is 3.83. The van der Waals surface area contributed by atoms with Crippen LogP contribution in [0.3, 0.4) is 0 Å². The summed E-state index contributed by atoms with van der Waals surface area (Å²) in [7, 11) is 1.58. The summed E-state index contributed by atoms with van der Waals surface area (Å²) in [6.45, 7) is 7.46. The van der Waals surface area contributed by atoms with Gasteiger partial charge >= 0.3 is 5.97 Å². The van der Waals surface area contributed by atoms with Crippen LogP contribution in [-0.2, 0) is 19.1 Å². The van der Waals surface area contributed by atoms with Gasteiger partial charge in [-0.15, -0.1) is 0 Å². The molecule has 0 fully saturated rings. The lowest BCUT2D eigenvalue weighted by atomic mass is 10.2. The molecule has 106 valence electrons. The largest absolute Gasteiger partial charge is 0.465 e. The Kier molecular flexibility index (Phi) is 9.22. The van der Waals surface area contributed by atoms with Gasteiger partial charge in [0.25, 0.3) is 0 Å². The molecule has 0 aliphatic rings. The van der Waals surface area contributed by atoms with E-state index in [2.05, 4.69) is 5.32 Å². The predicted octanol–water partition coefficient (Wildman–Crippen LogP) is 0.0225. The number of hydrogen-bond donors (Lipinski definition) is 1. The summed E-state index contributed by atoms with van der Waals surface area (Å²) in [4.78, 5) is 24.9. The Bertz CT molecular complexity index is 258. The molecule has 6 heteroatoms. The van der Waals surface area contributed by atoms with E-state index in [0.717, 1.165) is 0 Å². The summed E-state index contributed by atoms with van der Waals surface area (Å²) >= 11 is 0. The average molecular weight is 260 g/mol. The maximum Gasteiger partial charge on any atom is 0.320 e. The molecule has 1 unspecified atom stereocenters. The summed E-state index contributed by atoms with van der Waals surface area (Å²) in [5.41, 5.74) is 0. The van der Waals surface area contributed by atoms with Crippen LogP contribution in [0.25, 0.3) is 0 Å². The summed E-state index contributed by atoms with van der Waals surface area (Å²) in [5, 5.41) is 2.75. The lowest BCUT2D eigenvalue weighted by Crippen LogP contribution is -2.47. The van der Waals surface area contributed by atoms with E-state index in [0.29, 0.717) is 26.3 Å². The highest BCUT2D eigenvalue weighted by Crippen LogP contribution is 1.99. The van der Waals surface area contributed by atoms with Gasteiger partial charge in [-0.1, -0.05) is 6.92 Å². The van der Waals surface area contributed by atoms with Gasteiger partial charge in [0.1, 0.15) is 0 Å². The molecule has 0 heterocycles. The normalized spacial score (nSPS) is 12.3. The lowest BCUT2D eigenvalue weighted by Gasteiger charge is -2.25. The summed E-state index contributed by atoms with van der Waals surface area (Å²) in [5.74, 6) is -0.422. The summed E-state index contributed by atoms with van der Waals surface area (Å²) < 4.78 is 9.72. The first-order valence-corrected chi connectivity index (χ1v) is 6.23. The maximum absolute atomic E-state index is 11.8. The van der Waals surface area contributed by atoms with Crippen LogP contribution < -0.4 is 5.32 Å². The van der Waals surface area contributed by atoms with Crippen LogP contribution in [0.1, 0.15) is 20.8 Å². The maximum atomic E-state index is 11.8. The molecule has 0 saturated heterocycles. The molecule has 0 aliphatic carbocycles. The fraction of sp³-hybridized carbons (Fsp3) is 0.833. The highest BCUT2D eigenvalue weighted by Gasteiger charge is 2.22. The molecule has 0 aromatic rings. The van der Waals surface area contributed by atoms with Crippen LogP contribution in [0.15, 0.2) is 0 Å². The minimum atomic E-state index is -0.365. The highest BCUT2D eigenvalue weighted by atomic mass is 16.5. The molecule has 0 rings (SSSR count). The molecular formula is C12H24N2O4. The number of nitrogens with zero attached hydrogens (tertiary/aromatic N) is 1. The second-order valence-corrected chi connectivity index (χ2v) is 3.83. The van der Waals surface area contributed by atoms with Crippen molar-refractivity contribution >= 4 is 11.9 Å². The number of carbonyl (C=O) groups excluding carboxylic acids is 2. The zero-order valence-corrected chi connectivity index (χ0v) is 11.7. The third kappa shape index (κ3) is 6.56. The van der Waals surface area contributed by atoms with E-state index in [4.69, 9.17) is 9.47 Å². The van der Waals surface area contributed by atoms with Crippen LogP contribution in [0.5, 0.6) is 0 Å². The number of hydrogen-bond acceptors (Lipinski definition) is 5. The Hall–Kier alpha value is -1.14. The van der Waals surface area contributed by atoms with Crippen molar-refractivity contribution in [3.63, 3.8) is 0 Å². The van der Waals surface area contributed by atoms with Crippen molar-refractivity contribution in [3.8, 4) is 0 Å². The predicted molar refractivity (Wildman–Crippen MR) is 68.2 cm³/mol. The van der Waals surface area contributed by atoms with Crippen molar-refractivity contribution < 1.29 is 19.1 Å². The zero-order chi connectivity index (χ0) is 14.0. The Morgan fingerprint density at radius 3 is 2.50 bits per heavy atom. The molecule has 0 saturated carbocycles. The van der Waals surface area contributed by atoms with Gasteiger partial charge in [-0.05, 0) is 20.4 Å². The van der Waals surface area contributed by atoms with Crippen molar-refractivity contribution in [1.29, 1.82) is 0 Å². The molecule has 0 bridgehead atoms. The van der Waals surface area contributed by atoms with Crippen LogP contribution >= 0.6 is 0 Å². The van der Waals surface area contributed by atoms with E-state index in [-0.39, 0.29) is 24.5 Å². The number of likely N-dealkylation sites (N-methyl/N-ethyl adjacent to an activating group) is 1. The number of nitrogens with one attached hydrogen (secondary N) is 1. The quantitative estimate of drug-likeness (QED) is 0.468. The van der Waals surface area contributed by atoms with Gasteiger partial charge in [0.2, 0.25) is 5.91 Å². The number of methoxy groups -OCH3 is 1. The van der Waals surface area contributed by atoms with Gasteiger partial charge in [-0.25, -0.2) is 0 Å². The molecular weight excluding hydrogens is 236 g/mol. The molecule has 18 heavy (non-hydrogen) atoms. The zero-order valence-electron chi connectivity index (χ0n) is 11.7. The number of rotatable bonds is 9. The molecule has 1 atom stereocenters. The summed E-state index contributed by atoms with van der Waals surface area (Å²) in [6.07, 6.45) is 0. The van der Waals surface area contributed by atoms with E-state index in [1.54, 1.807) is 25.9 Å². The number of esters is 1. The smallest absolute Gasteiger partial charge is 0.320 e. The van der Waals surface area contributed by atoms with Crippen molar-refractivity contribution in [1.82, 2.24) is 10.2 Å². The van der Waals surface area contributed by atoms with Gasteiger partial charge in [0, 0.05) is 13.7 Å². The first kappa shape index (κ1) is 16.9. The van der Waals surface area contributed by atoms with E-state index in [1.165, 1.54) is 0 Å². The Morgan fingerprint density at radius 1 is 1.33 bits per heavy atom. The van der Waals surface area contributed by atoms with Crippen molar-refractivity contribution in [2.24, 2.45) is 0 Å². The molecule has 1 N–H and O–H groups in total. The minimum Gasteiger partial charge on any atom is -0.465 e. The van der Waals surface area contributed by atoms with Crippen molar-refractivity contribution in [2.75, 3.05) is 40.0 Å². The van der Waals surface area contributed by atoms with Gasteiger partial charge in [0.05, 0.1) is 25.8 Å². The van der Waals surface area contributed by atoms with E-state index in [1.807, 2.05) is 6.92 Å². The van der Waals surface area contributed by atoms with E-state index < -0.39 is 0 Å². The highest BCUT2D eigenvalue weighted by molar-refractivity contribution is 5.82. The van der Waals surface area contributed by atoms with E-state index >= 15 is 0 Å². The Morgan fingerprint density at radius 2 is 2.00 bits per heavy atom. The first-order valence-electron chi connectivity index (χ1n) is 6.23. The van der Waals surface area contributed by atoms with Crippen molar-refractivity contribution in [3.05, 3.63) is 0 Å². The Balaban J connectivity index is 4.19. The molecule has 0 aromatic heterocycles. The van der Waals surface area contributed by atoms with Crippen molar-refractivity contribution in [2.45, 2.75) is 26.8 Å². The van der Waals surface area contributed by atoms with E-state index in [9.17, 15) is 9.59 Å². The topological polar surface area (TPSA) is 67.9 Å². The van der Waals surface area contributed by atoms with Crippen LogP contribution in [0.2, 0.25) is 0 Å². The van der Waals surface area contributed by atoms with Crippen LogP contribution in [-0.4, -0.2) is 62.8 Å². The minimum absolute atomic E-state index is 0.113. The van der Waals surface area contributed by atoms with Gasteiger partial charge in [0.15, 0.2) is 0 Å². The molecule has 1 amide bonds. The summed E-state index contributed by atoms with van der Waals surface area (Å²) in [6, 6.07) is -0.365. The number of ether oxygens (including phenoxy) is 2.